The van der Waals surface area contributed by atoms with Crippen LogP contribution in [0.2, 0.25) is 0 Å². The number of hydrogen-bond donors (Lipinski definition) is 2. The molecular weight excluding hydrogens is 440 g/mol. The number of benzene rings is 4. The Morgan fingerprint density at radius 2 is 0.556 bits per heavy atom. The molecule has 0 heterocycles. The predicted octanol–water partition coefficient (Wildman–Crippen LogP) is 7.45. The Morgan fingerprint density at radius 1 is 0.333 bits per heavy atom. The zero-order valence-electron chi connectivity index (χ0n) is 22.3. The fourth-order valence-corrected chi connectivity index (χ4v) is 4.95. The highest BCUT2D eigenvalue weighted by molar-refractivity contribution is 5.51. The van der Waals surface area contributed by atoms with Gasteiger partial charge in [-0.25, -0.2) is 0 Å². The smallest absolute Gasteiger partial charge is 0.152 e. The molecule has 36 heavy (non-hydrogen) atoms. The van der Waals surface area contributed by atoms with Crippen LogP contribution in [0.3, 0.4) is 0 Å². The molecule has 2 nitrogen and oxygen atoms in total. The Labute approximate surface area is 216 Å². The first kappa shape index (κ1) is 25.9. The van der Waals surface area contributed by atoms with Crippen LogP contribution in [0.4, 0.5) is 0 Å². The van der Waals surface area contributed by atoms with Crippen molar-refractivity contribution in [3.8, 4) is 0 Å². The third-order valence-corrected chi connectivity index (χ3v) is 7.24. The molecule has 0 radical (unpaired) electrons. The molecule has 0 amide bonds. The number of aliphatic hydroxyl groups is 2. The van der Waals surface area contributed by atoms with Gasteiger partial charge in [-0.05, 0) is 44.2 Å². The first-order valence-corrected chi connectivity index (χ1v) is 12.7. The van der Waals surface area contributed by atoms with Gasteiger partial charge in [-0.3, -0.25) is 0 Å². The van der Waals surface area contributed by atoms with E-state index in [1.165, 1.54) is 11.1 Å². The quantitative estimate of drug-likeness (QED) is 0.313. The van der Waals surface area contributed by atoms with Crippen LogP contribution in [-0.2, 0) is 22.0 Å². The van der Waals surface area contributed by atoms with Crippen LogP contribution in [-0.4, -0.2) is 10.2 Å². The average molecular weight is 479 g/mol. The van der Waals surface area contributed by atoms with Crippen molar-refractivity contribution in [1.82, 2.24) is 0 Å². The van der Waals surface area contributed by atoms with Crippen molar-refractivity contribution in [1.29, 1.82) is 0 Å². The molecule has 2 N–H and O–H groups in total. The fraction of sp³-hybridized carbons (Fsp3) is 0.294. The van der Waals surface area contributed by atoms with Crippen molar-refractivity contribution in [2.45, 2.75) is 63.6 Å². The molecule has 0 aliphatic rings. The molecular formula is C34H38O2. The first-order valence-electron chi connectivity index (χ1n) is 12.7. The molecule has 4 rings (SSSR count). The normalized spacial score (nSPS) is 15.7. The molecule has 0 aliphatic heterocycles. The first-order chi connectivity index (χ1) is 16.9. The second kappa shape index (κ2) is 9.35. The van der Waals surface area contributed by atoms with Gasteiger partial charge >= 0.3 is 0 Å². The lowest BCUT2D eigenvalue weighted by Gasteiger charge is -2.45. The molecule has 0 aliphatic carbocycles. The van der Waals surface area contributed by atoms with Crippen LogP contribution in [0.15, 0.2) is 109 Å². The average Bonchev–Trinajstić information content (AvgIpc) is 2.88. The van der Waals surface area contributed by atoms with E-state index in [1.807, 2.05) is 84.9 Å². The minimum absolute atomic E-state index is 0.0259. The van der Waals surface area contributed by atoms with Gasteiger partial charge < -0.3 is 10.2 Å². The SMILES string of the molecule is CC(C)(C)c1ccc(C(O)(c2ccccc2)C(O)(c2ccccc2)c2ccc(C(C)(C)C)cc2)cc1. The predicted molar refractivity (Wildman–Crippen MR) is 149 cm³/mol. The van der Waals surface area contributed by atoms with Crippen LogP contribution in [0.5, 0.6) is 0 Å². The number of hydrogen-bond acceptors (Lipinski definition) is 2. The van der Waals surface area contributed by atoms with Gasteiger partial charge in [0.05, 0.1) is 0 Å². The Kier molecular flexibility index (Phi) is 6.72. The summed E-state index contributed by atoms with van der Waals surface area (Å²) in [4.78, 5) is 0. The minimum atomic E-state index is -1.75. The van der Waals surface area contributed by atoms with Gasteiger partial charge in [0.25, 0.3) is 0 Å². The van der Waals surface area contributed by atoms with E-state index in [4.69, 9.17) is 0 Å². The van der Waals surface area contributed by atoms with E-state index in [2.05, 4.69) is 65.8 Å². The Morgan fingerprint density at radius 3 is 0.806 bits per heavy atom. The highest BCUT2D eigenvalue weighted by Gasteiger charge is 2.54. The van der Waals surface area contributed by atoms with Crippen LogP contribution in [0.1, 0.15) is 74.9 Å². The van der Waals surface area contributed by atoms with Crippen molar-refractivity contribution >= 4 is 0 Å². The lowest BCUT2D eigenvalue weighted by Crippen LogP contribution is -2.51. The molecule has 0 fully saturated rings. The summed E-state index contributed by atoms with van der Waals surface area (Å²) in [6, 6.07) is 35.0. The molecule has 186 valence electrons. The second-order valence-electron chi connectivity index (χ2n) is 11.8. The highest BCUT2D eigenvalue weighted by atomic mass is 16.4. The van der Waals surface area contributed by atoms with E-state index in [9.17, 15) is 10.2 Å². The van der Waals surface area contributed by atoms with E-state index in [1.54, 1.807) is 0 Å². The topological polar surface area (TPSA) is 40.5 Å². The van der Waals surface area contributed by atoms with Gasteiger partial charge in [-0.1, -0.05) is 151 Å². The molecule has 0 bridgehead atoms. The van der Waals surface area contributed by atoms with E-state index < -0.39 is 11.2 Å². The molecule has 0 aromatic heterocycles. The fourth-order valence-electron chi connectivity index (χ4n) is 4.95. The Hall–Kier alpha value is -3.20. The van der Waals surface area contributed by atoms with Gasteiger partial charge in [0, 0.05) is 0 Å². The summed E-state index contributed by atoms with van der Waals surface area (Å²) < 4.78 is 0. The summed E-state index contributed by atoms with van der Waals surface area (Å²) in [5.41, 5.74) is 1.29. The van der Waals surface area contributed by atoms with Crippen molar-refractivity contribution in [3.63, 3.8) is 0 Å². The third-order valence-electron chi connectivity index (χ3n) is 7.24. The van der Waals surface area contributed by atoms with E-state index in [0.29, 0.717) is 22.3 Å². The van der Waals surface area contributed by atoms with Crippen molar-refractivity contribution in [2.24, 2.45) is 0 Å². The van der Waals surface area contributed by atoms with Gasteiger partial charge in [-0.15, -0.1) is 0 Å². The monoisotopic (exact) mass is 478 g/mol. The lowest BCUT2D eigenvalue weighted by molar-refractivity contribution is -0.113. The standard InChI is InChI=1S/C34H38O2/c1-31(2,3)25-17-21-29(22-18-25)33(35,27-13-9-7-10-14-27)34(36,28-15-11-8-12-16-28)30-23-19-26(20-24-30)32(4,5)6/h7-24,35-36H,1-6H3. The van der Waals surface area contributed by atoms with Gasteiger partial charge in [0.2, 0.25) is 0 Å². The number of rotatable bonds is 5. The molecule has 0 spiro atoms. The molecule has 4 aromatic rings. The Balaban J connectivity index is 2.03. The summed E-state index contributed by atoms with van der Waals surface area (Å²) in [5, 5.41) is 25.7. The molecule has 4 aromatic carbocycles. The molecule has 2 heteroatoms. The van der Waals surface area contributed by atoms with Crippen LogP contribution >= 0.6 is 0 Å². The van der Waals surface area contributed by atoms with Crippen molar-refractivity contribution in [3.05, 3.63) is 143 Å². The zero-order chi connectivity index (χ0) is 26.2. The summed E-state index contributed by atoms with van der Waals surface area (Å²) in [6.45, 7) is 13.0. The van der Waals surface area contributed by atoms with Crippen molar-refractivity contribution < 1.29 is 10.2 Å². The Bertz CT molecular complexity index is 1170. The highest BCUT2D eigenvalue weighted by Crippen LogP contribution is 2.50. The maximum Gasteiger partial charge on any atom is 0.152 e. The van der Waals surface area contributed by atoms with E-state index >= 15 is 0 Å². The van der Waals surface area contributed by atoms with E-state index in [-0.39, 0.29) is 10.8 Å². The second-order valence-corrected chi connectivity index (χ2v) is 11.8. The van der Waals surface area contributed by atoms with Crippen LogP contribution in [0.25, 0.3) is 0 Å². The molecule has 2 unspecified atom stereocenters. The summed E-state index contributed by atoms with van der Waals surface area (Å²) >= 11 is 0. The third kappa shape index (κ3) is 4.52. The maximum atomic E-state index is 12.9. The summed E-state index contributed by atoms with van der Waals surface area (Å²) in [7, 11) is 0. The molecule has 0 saturated carbocycles. The van der Waals surface area contributed by atoms with Gasteiger partial charge in [-0.2, -0.15) is 0 Å². The summed E-state index contributed by atoms with van der Waals surface area (Å²) in [5.74, 6) is 0. The molecule has 2 atom stereocenters. The van der Waals surface area contributed by atoms with Crippen LogP contribution < -0.4 is 0 Å². The van der Waals surface area contributed by atoms with Crippen molar-refractivity contribution in [2.75, 3.05) is 0 Å². The van der Waals surface area contributed by atoms with Crippen LogP contribution in [0, 0.1) is 0 Å². The maximum absolute atomic E-state index is 12.9. The summed E-state index contributed by atoms with van der Waals surface area (Å²) in [6.07, 6.45) is 0. The van der Waals surface area contributed by atoms with Gasteiger partial charge in [0.15, 0.2) is 11.2 Å². The zero-order valence-corrected chi connectivity index (χ0v) is 22.3. The molecule has 0 saturated heterocycles. The largest absolute Gasteiger partial charge is 0.377 e. The minimum Gasteiger partial charge on any atom is -0.377 e. The van der Waals surface area contributed by atoms with Gasteiger partial charge in [0.1, 0.15) is 0 Å². The lowest BCUT2D eigenvalue weighted by atomic mass is 9.66. The van der Waals surface area contributed by atoms with E-state index in [0.717, 1.165) is 0 Å².